The van der Waals surface area contributed by atoms with E-state index in [0.29, 0.717) is 54.4 Å². The van der Waals surface area contributed by atoms with E-state index < -0.39 is 37.9 Å². The van der Waals surface area contributed by atoms with E-state index in [4.69, 9.17) is 4.74 Å². The number of aromatic amines is 1. The van der Waals surface area contributed by atoms with Crippen LogP contribution >= 0.6 is 0 Å². The smallest absolute Gasteiger partial charge is 0.258 e. The second-order valence-corrected chi connectivity index (χ2v) is 14.6. The van der Waals surface area contributed by atoms with Crippen molar-refractivity contribution in [2.24, 2.45) is 0 Å². The van der Waals surface area contributed by atoms with Crippen molar-refractivity contribution in [3.63, 3.8) is 0 Å². The van der Waals surface area contributed by atoms with Gasteiger partial charge in [0.2, 0.25) is 10.0 Å². The van der Waals surface area contributed by atoms with Crippen molar-refractivity contribution in [2.75, 3.05) is 68.5 Å². The molecule has 0 unspecified atom stereocenters. The predicted molar refractivity (Wildman–Crippen MR) is 167 cm³/mol. The summed E-state index contributed by atoms with van der Waals surface area (Å²) >= 11 is 0. The average molecular weight is 644 g/mol. The molecule has 4 heterocycles. The van der Waals surface area contributed by atoms with Gasteiger partial charge in [0.25, 0.3) is 5.91 Å². The van der Waals surface area contributed by atoms with Crippen LogP contribution in [0.5, 0.6) is 0 Å². The summed E-state index contributed by atoms with van der Waals surface area (Å²) in [6.45, 7) is 8.10. The number of H-pyrrole nitrogens is 1. The van der Waals surface area contributed by atoms with Gasteiger partial charge in [0.15, 0.2) is 5.82 Å². The normalized spacial score (nSPS) is 20.6. The second-order valence-electron chi connectivity index (χ2n) is 12.6. The van der Waals surface area contributed by atoms with Crippen LogP contribution in [0.1, 0.15) is 48.3 Å². The van der Waals surface area contributed by atoms with E-state index in [1.807, 2.05) is 26.0 Å². The number of carbonyl (C=O) groups excluding carboxylic acids is 1. The zero-order valence-electron chi connectivity index (χ0n) is 25.7. The van der Waals surface area contributed by atoms with Crippen molar-refractivity contribution in [1.29, 1.82) is 0 Å². The number of amides is 1. The molecule has 14 heteroatoms. The highest BCUT2D eigenvalue weighted by molar-refractivity contribution is 7.89. The van der Waals surface area contributed by atoms with Crippen LogP contribution in [0, 0.1) is 11.6 Å². The number of rotatable bonds is 8. The Bertz CT molecular complexity index is 1670. The van der Waals surface area contributed by atoms with E-state index in [-0.39, 0.29) is 18.9 Å². The Kier molecular flexibility index (Phi) is 8.59. The van der Waals surface area contributed by atoms with E-state index in [2.05, 4.69) is 37.7 Å². The van der Waals surface area contributed by atoms with Gasteiger partial charge in [0, 0.05) is 72.9 Å². The SMILES string of the molecule is CN1CCC[C@@H]1CNc1cc(N2CCOCC2)ccc1C(=O)Nc1n[nH]c2c1CN(S(=O)(=O)c1cc(F)cc(F)c1)CC2(C)C. The highest BCUT2D eigenvalue weighted by Crippen LogP contribution is 2.38. The quantitative estimate of drug-likeness (QED) is 0.339. The van der Waals surface area contributed by atoms with Crippen LogP contribution in [0.25, 0.3) is 0 Å². The molecular weight excluding hydrogens is 604 g/mol. The lowest BCUT2D eigenvalue weighted by Gasteiger charge is -2.36. The Morgan fingerprint density at radius 3 is 2.53 bits per heavy atom. The molecule has 6 rings (SSSR count). The fourth-order valence-electron chi connectivity index (χ4n) is 6.47. The van der Waals surface area contributed by atoms with Crippen molar-refractivity contribution >= 4 is 33.1 Å². The third kappa shape index (κ3) is 6.41. The lowest BCUT2D eigenvalue weighted by atomic mass is 9.84. The predicted octanol–water partition coefficient (Wildman–Crippen LogP) is 3.77. The number of carbonyl (C=O) groups is 1. The van der Waals surface area contributed by atoms with Crippen LogP contribution in [0.3, 0.4) is 0 Å². The van der Waals surface area contributed by atoms with Gasteiger partial charge in [-0.25, -0.2) is 17.2 Å². The average Bonchev–Trinajstić information content (AvgIpc) is 3.61. The van der Waals surface area contributed by atoms with Crippen LogP contribution < -0.4 is 15.5 Å². The monoisotopic (exact) mass is 643 g/mol. The molecule has 1 atom stereocenters. The first-order valence-corrected chi connectivity index (χ1v) is 16.6. The summed E-state index contributed by atoms with van der Waals surface area (Å²) in [5.41, 5.74) is 2.55. The van der Waals surface area contributed by atoms with Crippen molar-refractivity contribution < 1.29 is 26.7 Å². The number of likely N-dealkylation sites (tertiary alicyclic amines) is 1. The molecule has 1 aromatic heterocycles. The zero-order chi connectivity index (χ0) is 31.9. The number of halogens is 2. The third-order valence-corrected chi connectivity index (χ3v) is 10.7. The Morgan fingerprint density at radius 1 is 1.11 bits per heavy atom. The fraction of sp³-hybridized carbons (Fsp3) is 0.484. The van der Waals surface area contributed by atoms with Gasteiger partial charge in [-0.3, -0.25) is 9.89 Å². The molecule has 3 aliphatic rings. The summed E-state index contributed by atoms with van der Waals surface area (Å²) in [4.78, 5) is 17.9. The van der Waals surface area contributed by atoms with E-state index in [1.165, 1.54) is 0 Å². The first-order valence-electron chi connectivity index (χ1n) is 15.2. The lowest BCUT2D eigenvalue weighted by Crippen LogP contribution is -2.45. The van der Waals surface area contributed by atoms with Crippen molar-refractivity contribution in [3.8, 4) is 0 Å². The van der Waals surface area contributed by atoms with Gasteiger partial charge in [0.05, 0.1) is 23.7 Å². The van der Waals surface area contributed by atoms with Crippen LogP contribution in [-0.4, -0.2) is 92.8 Å². The largest absolute Gasteiger partial charge is 0.383 e. The summed E-state index contributed by atoms with van der Waals surface area (Å²) in [7, 11) is -2.16. The Labute approximate surface area is 262 Å². The Hall–Kier alpha value is -3.59. The molecule has 242 valence electrons. The minimum atomic E-state index is -4.27. The third-order valence-electron chi connectivity index (χ3n) is 8.98. The second kappa shape index (κ2) is 12.3. The van der Waals surface area contributed by atoms with E-state index >= 15 is 0 Å². The molecule has 0 aliphatic carbocycles. The van der Waals surface area contributed by atoms with E-state index in [9.17, 15) is 22.0 Å². The minimum absolute atomic E-state index is 0.0444. The molecule has 1 amide bonds. The Balaban J connectivity index is 1.28. The van der Waals surface area contributed by atoms with Gasteiger partial charge in [-0.1, -0.05) is 13.8 Å². The van der Waals surface area contributed by atoms with Gasteiger partial charge in [-0.05, 0) is 56.8 Å². The molecule has 45 heavy (non-hydrogen) atoms. The van der Waals surface area contributed by atoms with Gasteiger partial charge < -0.3 is 25.2 Å². The maximum Gasteiger partial charge on any atom is 0.258 e. The number of ether oxygens (including phenoxy) is 1. The molecule has 0 saturated carbocycles. The molecule has 3 N–H and O–H groups in total. The maximum absolute atomic E-state index is 14.0. The molecule has 3 aliphatic heterocycles. The van der Waals surface area contributed by atoms with Gasteiger partial charge in [-0.15, -0.1) is 0 Å². The molecule has 2 saturated heterocycles. The number of hydrogen-bond acceptors (Lipinski definition) is 8. The molecule has 3 aromatic rings. The topological polar surface area (TPSA) is 123 Å². The standard InChI is InChI=1S/C31H39F2N7O4S/c1-31(2)19-40(45(42,43)24-14-20(32)13-21(33)15-24)18-26-28(31)36-37-29(26)35-30(41)25-7-6-22(39-9-11-44-12-10-39)16-27(25)34-17-23-5-4-8-38(23)3/h6-7,13-16,23,34H,4-5,8-12,17-19H2,1-3H3,(H2,35,36,37,41)/t23-/m1/s1. The number of morpholine rings is 1. The number of sulfonamides is 1. The van der Waals surface area contributed by atoms with Crippen molar-refractivity contribution in [1.82, 2.24) is 19.4 Å². The summed E-state index contributed by atoms with van der Waals surface area (Å²) in [6, 6.07) is 8.29. The Morgan fingerprint density at radius 2 is 1.84 bits per heavy atom. The van der Waals surface area contributed by atoms with Crippen molar-refractivity contribution in [2.45, 2.75) is 49.6 Å². The molecule has 2 fully saturated rings. The van der Waals surface area contributed by atoms with Gasteiger partial charge >= 0.3 is 0 Å². The summed E-state index contributed by atoms with van der Waals surface area (Å²) in [5.74, 6) is -2.16. The first kappa shape index (κ1) is 31.4. The van der Waals surface area contributed by atoms with E-state index in [0.717, 1.165) is 54.6 Å². The number of likely N-dealkylation sites (N-methyl/N-ethyl adjacent to an activating group) is 1. The zero-order valence-corrected chi connectivity index (χ0v) is 26.5. The number of hydrogen-bond donors (Lipinski definition) is 3. The fourth-order valence-corrected chi connectivity index (χ4v) is 8.08. The summed E-state index contributed by atoms with van der Waals surface area (Å²) in [5, 5.41) is 13.8. The molecule has 0 radical (unpaired) electrons. The highest BCUT2D eigenvalue weighted by Gasteiger charge is 2.41. The van der Waals surface area contributed by atoms with Crippen LogP contribution in [0.4, 0.5) is 26.0 Å². The molecule has 0 spiro atoms. The lowest BCUT2D eigenvalue weighted by molar-refractivity contribution is 0.102. The molecular formula is C31H39F2N7O4S. The van der Waals surface area contributed by atoms with Gasteiger partial charge in [0.1, 0.15) is 11.6 Å². The number of nitrogens with one attached hydrogen (secondary N) is 3. The molecule has 2 aromatic carbocycles. The number of fused-ring (bicyclic) bond motifs is 1. The number of anilines is 3. The number of nitrogens with zero attached hydrogens (tertiary/aromatic N) is 4. The highest BCUT2D eigenvalue weighted by atomic mass is 32.2. The summed E-state index contributed by atoms with van der Waals surface area (Å²) < 4.78 is 61.7. The molecule has 11 nitrogen and oxygen atoms in total. The van der Waals surface area contributed by atoms with E-state index in [1.54, 1.807) is 6.07 Å². The number of benzene rings is 2. The molecule has 0 bridgehead atoms. The van der Waals surface area contributed by atoms with Crippen molar-refractivity contribution in [3.05, 3.63) is 64.9 Å². The van der Waals surface area contributed by atoms with Gasteiger partial charge in [-0.2, -0.15) is 9.40 Å². The minimum Gasteiger partial charge on any atom is -0.383 e. The first-order chi connectivity index (χ1) is 21.4. The van der Waals surface area contributed by atoms with Crippen LogP contribution in [0.15, 0.2) is 41.3 Å². The maximum atomic E-state index is 14.0. The summed E-state index contributed by atoms with van der Waals surface area (Å²) in [6.07, 6.45) is 2.20. The van der Waals surface area contributed by atoms with Crippen LogP contribution in [0.2, 0.25) is 0 Å². The number of aromatic nitrogens is 2. The van der Waals surface area contributed by atoms with Crippen LogP contribution in [-0.2, 0) is 26.7 Å².